The zero-order chi connectivity index (χ0) is 20.8. The number of anilines is 1. The van der Waals surface area contributed by atoms with Gasteiger partial charge in [-0.3, -0.25) is 4.79 Å². The van der Waals surface area contributed by atoms with Gasteiger partial charge in [-0.05, 0) is 42.8 Å². The monoisotopic (exact) mass is 417 g/mol. The van der Waals surface area contributed by atoms with E-state index in [-0.39, 0.29) is 5.91 Å². The Bertz CT molecular complexity index is 1270. The second-order valence-electron chi connectivity index (χ2n) is 7.45. The summed E-state index contributed by atoms with van der Waals surface area (Å²) in [7, 11) is 1.84. The number of aromatic nitrogens is 4. The molecule has 4 aromatic rings. The number of benzene rings is 2. The van der Waals surface area contributed by atoms with Gasteiger partial charge in [-0.15, -0.1) is 0 Å². The van der Waals surface area contributed by atoms with Gasteiger partial charge >= 0.3 is 0 Å². The van der Waals surface area contributed by atoms with Gasteiger partial charge in [0.25, 0.3) is 5.91 Å². The third-order valence-electron chi connectivity index (χ3n) is 5.44. The standard InChI is InChI=1S/C23H20ClN5O/c1-15-25-22(27(2)26-15)16-9-10-19(20(24)12-16)23(30)29-14-18-7-5-11-28(18)13-17-6-3-4-8-21(17)29/h3-12H,13-14H2,1-2H3. The van der Waals surface area contributed by atoms with E-state index in [4.69, 9.17) is 11.6 Å². The Kier molecular flexibility index (Phi) is 4.44. The van der Waals surface area contributed by atoms with Gasteiger partial charge in [0.1, 0.15) is 5.82 Å². The lowest BCUT2D eigenvalue weighted by atomic mass is 10.1. The van der Waals surface area contributed by atoms with Crippen LogP contribution in [0, 0.1) is 6.92 Å². The molecule has 0 unspecified atom stereocenters. The Morgan fingerprint density at radius 3 is 2.67 bits per heavy atom. The number of carbonyl (C=O) groups is 1. The highest BCUT2D eigenvalue weighted by Crippen LogP contribution is 2.31. The molecule has 150 valence electrons. The van der Waals surface area contributed by atoms with Crippen molar-refractivity contribution in [3.05, 3.63) is 88.5 Å². The van der Waals surface area contributed by atoms with E-state index in [1.807, 2.05) is 61.5 Å². The van der Waals surface area contributed by atoms with Crippen molar-refractivity contribution in [1.29, 1.82) is 0 Å². The van der Waals surface area contributed by atoms with Gasteiger partial charge in [0.15, 0.2) is 5.82 Å². The molecule has 2 aromatic heterocycles. The zero-order valence-corrected chi connectivity index (χ0v) is 17.5. The Balaban J connectivity index is 1.55. The van der Waals surface area contributed by atoms with E-state index in [1.165, 1.54) is 0 Å². The minimum Gasteiger partial charge on any atom is -0.345 e. The van der Waals surface area contributed by atoms with Crippen LogP contribution in [0.1, 0.15) is 27.4 Å². The lowest BCUT2D eigenvalue weighted by Gasteiger charge is -2.23. The first-order chi connectivity index (χ1) is 14.5. The average Bonchev–Trinajstić information content (AvgIpc) is 3.27. The lowest BCUT2D eigenvalue weighted by Crippen LogP contribution is -2.30. The molecule has 5 rings (SSSR count). The molecule has 0 fully saturated rings. The number of hydrogen-bond donors (Lipinski definition) is 0. The van der Waals surface area contributed by atoms with Crippen LogP contribution < -0.4 is 4.90 Å². The quantitative estimate of drug-likeness (QED) is 0.484. The normalized spacial score (nSPS) is 13.0. The third-order valence-corrected chi connectivity index (χ3v) is 5.75. The largest absolute Gasteiger partial charge is 0.345 e. The summed E-state index contributed by atoms with van der Waals surface area (Å²) in [6.07, 6.45) is 2.05. The second kappa shape index (κ2) is 7.15. The molecule has 0 N–H and O–H groups in total. The number of rotatable bonds is 2. The van der Waals surface area contributed by atoms with Gasteiger partial charge < -0.3 is 9.47 Å². The number of nitrogens with zero attached hydrogens (tertiary/aromatic N) is 5. The van der Waals surface area contributed by atoms with Gasteiger partial charge in [0.2, 0.25) is 0 Å². The number of fused-ring (bicyclic) bond motifs is 2. The summed E-state index contributed by atoms with van der Waals surface area (Å²) in [5.41, 5.74) is 4.39. The van der Waals surface area contributed by atoms with Crippen LogP contribution in [0.2, 0.25) is 5.02 Å². The van der Waals surface area contributed by atoms with Crippen molar-refractivity contribution in [2.24, 2.45) is 7.05 Å². The van der Waals surface area contributed by atoms with E-state index in [9.17, 15) is 4.79 Å². The van der Waals surface area contributed by atoms with Crippen molar-refractivity contribution in [1.82, 2.24) is 19.3 Å². The molecule has 0 radical (unpaired) electrons. The average molecular weight is 418 g/mol. The summed E-state index contributed by atoms with van der Waals surface area (Å²) in [6, 6.07) is 17.5. The second-order valence-corrected chi connectivity index (χ2v) is 7.86. The molecule has 3 heterocycles. The van der Waals surface area contributed by atoms with Crippen LogP contribution in [-0.4, -0.2) is 25.2 Å². The predicted molar refractivity (Wildman–Crippen MR) is 117 cm³/mol. The van der Waals surface area contributed by atoms with Crippen LogP contribution in [0.5, 0.6) is 0 Å². The maximum absolute atomic E-state index is 13.6. The fourth-order valence-electron chi connectivity index (χ4n) is 4.00. The lowest BCUT2D eigenvalue weighted by molar-refractivity contribution is 0.0985. The first-order valence-corrected chi connectivity index (χ1v) is 10.1. The molecule has 0 saturated heterocycles. The van der Waals surface area contributed by atoms with Gasteiger partial charge in [0.05, 0.1) is 17.1 Å². The highest BCUT2D eigenvalue weighted by Gasteiger charge is 2.26. The number of hydrogen-bond acceptors (Lipinski definition) is 3. The molecule has 0 atom stereocenters. The summed E-state index contributed by atoms with van der Waals surface area (Å²) in [4.78, 5) is 19.8. The Morgan fingerprint density at radius 2 is 1.90 bits per heavy atom. The van der Waals surface area contributed by atoms with Gasteiger partial charge in [-0.2, -0.15) is 5.10 Å². The van der Waals surface area contributed by atoms with Crippen LogP contribution in [0.4, 0.5) is 5.69 Å². The van der Waals surface area contributed by atoms with Crippen molar-refractivity contribution in [3.63, 3.8) is 0 Å². The van der Waals surface area contributed by atoms with Crippen LogP contribution in [-0.2, 0) is 20.1 Å². The Morgan fingerprint density at radius 1 is 1.07 bits per heavy atom. The number of halogens is 1. The SMILES string of the molecule is Cc1nc(-c2ccc(C(=O)N3Cc4cccn4Cc4ccccc43)c(Cl)c2)n(C)n1. The minimum atomic E-state index is -0.122. The molecule has 2 aromatic carbocycles. The Hall–Kier alpha value is -3.38. The highest BCUT2D eigenvalue weighted by molar-refractivity contribution is 6.34. The minimum absolute atomic E-state index is 0.122. The fraction of sp³-hybridized carbons (Fsp3) is 0.174. The van der Waals surface area contributed by atoms with Crippen LogP contribution in [0.15, 0.2) is 60.8 Å². The topological polar surface area (TPSA) is 56.0 Å². The van der Waals surface area contributed by atoms with Crippen LogP contribution in [0.3, 0.4) is 0 Å². The summed E-state index contributed by atoms with van der Waals surface area (Å²) >= 11 is 6.59. The smallest absolute Gasteiger partial charge is 0.260 e. The molecule has 0 bridgehead atoms. The third kappa shape index (κ3) is 3.09. The van der Waals surface area contributed by atoms with E-state index < -0.39 is 0 Å². The Labute approximate surface area is 179 Å². The fourth-order valence-corrected chi connectivity index (χ4v) is 4.27. The van der Waals surface area contributed by atoms with E-state index in [1.54, 1.807) is 16.8 Å². The van der Waals surface area contributed by atoms with Crippen LogP contribution in [0.25, 0.3) is 11.4 Å². The van der Waals surface area contributed by atoms with Gasteiger partial charge in [-0.25, -0.2) is 9.67 Å². The van der Waals surface area contributed by atoms with Crippen LogP contribution >= 0.6 is 11.6 Å². The maximum atomic E-state index is 13.6. The first kappa shape index (κ1) is 18.6. The summed E-state index contributed by atoms with van der Waals surface area (Å²) in [5.74, 6) is 1.28. The van der Waals surface area contributed by atoms with Crippen molar-refractivity contribution in [2.45, 2.75) is 20.0 Å². The molecule has 6 nitrogen and oxygen atoms in total. The molecule has 1 aliphatic heterocycles. The number of carbonyl (C=O) groups excluding carboxylic acids is 1. The zero-order valence-electron chi connectivity index (χ0n) is 16.7. The predicted octanol–water partition coefficient (Wildman–Crippen LogP) is 4.45. The number of para-hydroxylation sites is 1. The summed E-state index contributed by atoms with van der Waals surface area (Å²) in [6.45, 7) is 3.07. The molecule has 0 saturated carbocycles. The van der Waals surface area contributed by atoms with Crippen molar-refractivity contribution in [3.8, 4) is 11.4 Å². The van der Waals surface area contributed by atoms with E-state index in [0.29, 0.717) is 28.8 Å². The van der Waals surface area contributed by atoms with E-state index in [0.717, 1.165) is 29.1 Å². The molecule has 0 aliphatic carbocycles. The molecular formula is C23H20ClN5O. The maximum Gasteiger partial charge on any atom is 0.260 e. The molecule has 30 heavy (non-hydrogen) atoms. The first-order valence-electron chi connectivity index (χ1n) is 9.72. The van der Waals surface area contributed by atoms with Crippen molar-refractivity contribution < 1.29 is 4.79 Å². The molecule has 1 amide bonds. The molecular weight excluding hydrogens is 398 g/mol. The molecule has 1 aliphatic rings. The van der Waals surface area contributed by atoms with Gasteiger partial charge in [0, 0.05) is 36.7 Å². The number of aryl methyl sites for hydroxylation is 2. The summed E-state index contributed by atoms with van der Waals surface area (Å²) in [5, 5.41) is 4.68. The molecule has 7 heteroatoms. The van der Waals surface area contributed by atoms with Crippen molar-refractivity contribution >= 4 is 23.2 Å². The van der Waals surface area contributed by atoms with E-state index in [2.05, 4.69) is 20.7 Å². The highest BCUT2D eigenvalue weighted by atomic mass is 35.5. The van der Waals surface area contributed by atoms with E-state index >= 15 is 0 Å². The van der Waals surface area contributed by atoms with Gasteiger partial charge in [-0.1, -0.05) is 35.9 Å². The summed E-state index contributed by atoms with van der Waals surface area (Å²) < 4.78 is 3.88. The molecule has 0 spiro atoms. The number of amides is 1. The van der Waals surface area contributed by atoms with Crippen molar-refractivity contribution in [2.75, 3.05) is 4.90 Å².